The Labute approximate surface area is 92.5 Å². The van der Waals surface area contributed by atoms with Gasteiger partial charge in [-0.15, -0.1) is 0 Å². The predicted molar refractivity (Wildman–Crippen MR) is 60.2 cm³/mol. The van der Waals surface area contributed by atoms with Crippen molar-refractivity contribution in [3.63, 3.8) is 0 Å². The zero-order valence-electron chi connectivity index (χ0n) is 8.44. The molecule has 4 nitrogen and oxygen atoms in total. The maximum absolute atomic E-state index is 10.6. The first-order valence-electron chi connectivity index (χ1n) is 5.25. The Kier molecular flexibility index (Phi) is 3.33. The lowest BCUT2D eigenvalue weighted by atomic mass is 10.1. The summed E-state index contributed by atoms with van der Waals surface area (Å²) in [4.78, 5) is 11.3. The predicted octanol–water partition coefficient (Wildman–Crippen LogP) is 2.86. The quantitative estimate of drug-likeness (QED) is 0.623. The van der Waals surface area contributed by atoms with E-state index in [1.807, 2.05) is 6.07 Å². The lowest BCUT2D eigenvalue weighted by Gasteiger charge is -2.12. The molecule has 2 heterocycles. The molecule has 0 aromatic carbocycles. The molecule has 1 aromatic heterocycles. The van der Waals surface area contributed by atoms with Gasteiger partial charge in [-0.1, -0.05) is 24.2 Å². The molecule has 1 fully saturated rings. The minimum atomic E-state index is -0.315. The minimum Gasteiger partial charge on any atom is -0.309 e. The van der Waals surface area contributed by atoms with Gasteiger partial charge in [0.1, 0.15) is 0 Å². The van der Waals surface area contributed by atoms with Gasteiger partial charge in [0.15, 0.2) is 0 Å². The standard InChI is InChI=1S/C10H14N2O2S/c13-12(14)10-6-5-9(15-10)8-4-2-1-3-7-11-8/h5-6,8,11H,1-4,7H2. The molecule has 1 aromatic rings. The topological polar surface area (TPSA) is 55.2 Å². The van der Waals surface area contributed by atoms with Crippen molar-refractivity contribution in [1.29, 1.82) is 0 Å². The van der Waals surface area contributed by atoms with Gasteiger partial charge < -0.3 is 5.32 Å². The highest BCUT2D eigenvalue weighted by atomic mass is 32.1. The molecule has 15 heavy (non-hydrogen) atoms. The molecule has 0 radical (unpaired) electrons. The van der Waals surface area contributed by atoms with Gasteiger partial charge >= 0.3 is 5.00 Å². The summed E-state index contributed by atoms with van der Waals surface area (Å²) in [5.41, 5.74) is 0. The molecular formula is C10H14N2O2S. The van der Waals surface area contributed by atoms with E-state index in [9.17, 15) is 10.1 Å². The van der Waals surface area contributed by atoms with Crippen LogP contribution in [0.2, 0.25) is 0 Å². The van der Waals surface area contributed by atoms with Gasteiger partial charge in [0, 0.05) is 17.0 Å². The van der Waals surface area contributed by atoms with Crippen LogP contribution in [0.15, 0.2) is 12.1 Å². The summed E-state index contributed by atoms with van der Waals surface area (Å²) < 4.78 is 0. The summed E-state index contributed by atoms with van der Waals surface area (Å²) in [6.45, 7) is 1.02. The van der Waals surface area contributed by atoms with Crippen molar-refractivity contribution >= 4 is 16.3 Å². The molecule has 2 rings (SSSR count). The second-order valence-corrected chi connectivity index (χ2v) is 4.88. The zero-order chi connectivity index (χ0) is 10.7. The van der Waals surface area contributed by atoms with Crippen molar-refractivity contribution in [1.82, 2.24) is 5.32 Å². The Balaban J connectivity index is 2.10. The lowest BCUT2D eigenvalue weighted by molar-refractivity contribution is -0.380. The van der Waals surface area contributed by atoms with Crippen LogP contribution in [0.1, 0.15) is 36.6 Å². The first-order valence-corrected chi connectivity index (χ1v) is 6.06. The van der Waals surface area contributed by atoms with E-state index in [1.54, 1.807) is 6.07 Å². The second-order valence-electron chi connectivity index (χ2n) is 3.79. The fourth-order valence-electron chi connectivity index (χ4n) is 1.90. The van der Waals surface area contributed by atoms with Gasteiger partial charge in [-0.25, -0.2) is 0 Å². The maximum Gasteiger partial charge on any atom is 0.324 e. The van der Waals surface area contributed by atoms with Gasteiger partial charge in [0.05, 0.1) is 4.92 Å². The monoisotopic (exact) mass is 226 g/mol. The third-order valence-corrected chi connectivity index (χ3v) is 3.85. The third-order valence-electron chi connectivity index (χ3n) is 2.70. The molecule has 1 saturated heterocycles. The lowest BCUT2D eigenvalue weighted by Crippen LogP contribution is -2.19. The Morgan fingerprint density at radius 1 is 1.40 bits per heavy atom. The molecule has 0 spiro atoms. The van der Waals surface area contributed by atoms with Crippen LogP contribution in [0.25, 0.3) is 0 Å². The first-order chi connectivity index (χ1) is 7.27. The fourth-order valence-corrected chi connectivity index (χ4v) is 2.83. The molecule has 0 amide bonds. The fraction of sp³-hybridized carbons (Fsp3) is 0.600. The Bertz CT molecular complexity index is 343. The van der Waals surface area contributed by atoms with E-state index in [0.717, 1.165) is 17.8 Å². The molecular weight excluding hydrogens is 212 g/mol. The van der Waals surface area contributed by atoms with Gasteiger partial charge in [0.25, 0.3) is 0 Å². The Hall–Kier alpha value is -0.940. The Morgan fingerprint density at radius 2 is 2.27 bits per heavy atom. The minimum absolute atomic E-state index is 0.246. The smallest absolute Gasteiger partial charge is 0.309 e. The SMILES string of the molecule is O=[N+]([O-])c1ccc(C2CCCCCN2)s1. The van der Waals surface area contributed by atoms with Gasteiger partial charge in [-0.05, 0) is 25.5 Å². The maximum atomic E-state index is 10.6. The van der Waals surface area contributed by atoms with Crippen molar-refractivity contribution in [2.45, 2.75) is 31.7 Å². The van der Waals surface area contributed by atoms with E-state index >= 15 is 0 Å². The molecule has 1 atom stereocenters. The van der Waals surface area contributed by atoms with E-state index in [1.165, 1.54) is 30.6 Å². The summed E-state index contributed by atoms with van der Waals surface area (Å²) in [5.74, 6) is 0. The van der Waals surface area contributed by atoms with E-state index in [4.69, 9.17) is 0 Å². The van der Waals surface area contributed by atoms with Crippen LogP contribution >= 0.6 is 11.3 Å². The summed E-state index contributed by atoms with van der Waals surface area (Å²) in [6, 6.07) is 3.81. The molecule has 1 N–H and O–H groups in total. The average Bonchev–Trinajstić information content (AvgIpc) is 2.55. The molecule has 0 bridgehead atoms. The van der Waals surface area contributed by atoms with Crippen molar-refractivity contribution < 1.29 is 4.92 Å². The number of nitro groups is 1. The highest BCUT2D eigenvalue weighted by molar-refractivity contribution is 7.15. The van der Waals surface area contributed by atoms with E-state index in [0.29, 0.717) is 6.04 Å². The molecule has 1 aliphatic rings. The van der Waals surface area contributed by atoms with Crippen LogP contribution in [0.3, 0.4) is 0 Å². The number of thiophene rings is 1. The summed E-state index contributed by atoms with van der Waals surface area (Å²) in [6.07, 6.45) is 4.78. The van der Waals surface area contributed by atoms with Crippen molar-refractivity contribution in [2.24, 2.45) is 0 Å². The van der Waals surface area contributed by atoms with Crippen molar-refractivity contribution in [2.75, 3.05) is 6.54 Å². The summed E-state index contributed by atoms with van der Waals surface area (Å²) >= 11 is 1.30. The van der Waals surface area contributed by atoms with E-state index < -0.39 is 0 Å². The van der Waals surface area contributed by atoms with Crippen LogP contribution < -0.4 is 5.32 Å². The van der Waals surface area contributed by atoms with Crippen LogP contribution in [0.4, 0.5) is 5.00 Å². The summed E-state index contributed by atoms with van der Waals surface area (Å²) in [7, 11) is 0. The first kappa shape index (κ1) is 10.6. The van der Waals surface area contributed by atoms with Gasteiger partial charge in [-0.2, -0.15) is 0 Å². The molecule has 0 saturated carbocycles. The largest absolute Gasteiger partial charge is 0.324 e. The van der Waals surface area contributed by atoms with E-state index in [2.05, 4.69) is 5.32 Å². The molecule has 5 heteroatoms. The molecule has 1 unspecified atom stereocenters. The normalized spacial score (nSPS) is 22.3. The molecule has 1 aliphatic heterocycles. The number of rotatable bonds is 2. The van der Waals surface area contributed by atoms with E-state index in [-0.39, 0.29) is 9.92 Å². The van der Waals surface area contributed by atoms with Crippen LogP contribution in [0.5, 0.6) is 0 Å². The Morgan fingerprint density at radius 3 is 3.00 bits per heavy atom. The average molecular weight is 226 g/mol. The number of hydrogen-bond donors (Lipinski definition) is 1. The van der Waals surface area contributed by atoms with Crippen LogP contribution in [-0.2, 0) is 0 Å². The van der Waals surface area contributed by atoms with Crippen LogP contribution in [-0.4, -0.2) is 11.5 Å². The van der Waals surface area contributed by atoms with Gasteiger partial charge in [-0.3, -0.25) is 10.1 Å². The number of nitrogens with zero attached hydrogens (tertiary/aromatic N) is 1. The third kappa shape index (κ3) is 2.54. The van der Waals surface area contributed by atoms with Crippen molar-refractivity contribution in [3.05, 3.63) is 27.1 Å². The van der Waals surface area contributed by atoms with Crippen LogP contribution in [0, 0.1) is 10.1 Å². The zero-order valence-corrected chi connectivity index (χ0v) is 9.26. The summed E-state index contributed by atoms with van der Waals surface area (Å²) in [5, 5.41) is 14.2. The number of nitrogens with one attached hydrogen (secondary N) is 1. The van der Waals surface area contributed by atoms with Crippen molar-refractivity contribution in [3.8, 4) is 0 Å². The number of hydrogen-bond acceptors (Lipinski definition) is 4. The molecule has 0 aliphatic carbocycles. The van der Waals surface area contributed by atoms with Gasteiger partial charge in [0.2, 0.25) is 0 Å². The second kappa shape index (κ2) is 4.72. The highest BCUT2D eigenvalue weighted by Gasteiger charge is 2.18. The molecule has 82 valence electrons. The highest BCUT2D eigenvalue weighted by Crippen LogP contribution is 2.32.